The van der Waals surface area contributed by atoms with Crippen LogP contribution in [-0.4, -0.2) is 16.3 Å². The SMILES string of the molecule is C1=CC2[NH2+]C(c3ccc(-n4c5ccccc5c5c6ccccc6c6c7ccccc7sc6c54)cc3)=CC=C2N=C1c1ccccc1. The number of para-hydroxylation sites is 1. The van der Waals surface area contributed by atoms with Gasteiger partial charge < -0.3 is 9.88 Å². The molecule has 0 saturated carbocycles. The standard InChI is InChI=1S/C42H27N3S/c1-2-10-26(11-3-1)33-22-24-36-35(43-33)25-23-34(44-36)27-18-20-28(21-19-27)45-37-16-8-6-14-31(37)39-29-12-4-5-13-30(29)40-32-15-7-9-17-38(32)46-42(40)41(39)45/h1-25,36,44H/p+1. The molecule has 3 nitrogen and oxygen atoms in total. The van der Waals surface area contributed by atoms with E-state index in [-0.39, 0.29) is 6.04 Å². The fourth-order valence-corrected chi connectivity index (χ4v) is 8.68. The van der Waals surface area contributed by atoms with E-state index in [0.717, 1.165) is 17.0 Å². The first-order valence-electron chi connectivity index (χ1n) is 15.8. The number of nitrogens with two attached hydrogens (primary N) is 1. The van der Waals surface area contributed by atoms with Crippen LogP contribution in [0.4, 0.5) is 0 Å². The molecule has 216 valence electrons. The molecule has 46 heavy (non-hydrogen) atoms. The second kappa shape index (κ2) is 9.98. The van der Waals surface area contributed by atoms with Crippen molar-refractivity contribution in [2.24, 2.45) is 4.99 Å². The van der Waals surface area contributed by atoms with E-state index in [2.05, 4.69) is 156 Å². The Bertz CT molecular complexity index is 2650. The summed E-state index contributed by atoms with van der Waals surface area (Å²) in [5, 5.41) is 10.3. The molecule has 1 atom stereocenters. The number of thiophene rings is 1. The maximum Gasteiger partial charge on any atom is 0.152 e. The predicted octanol–water partition coefficient (Wildman–Crippen LogP) is 9.53. The third-order valence-corrected chi connectivity index (χ3v) is 10.7. The molecule has 2 aliphatic heterocycles. The number of benzene rings is 6. The van der Waals surface area contributed by atoms with Gasteiger partial charge in [-0.3, -0.25) is 0 Å². The Morgan fingerprint density at radius 3 is 2.13 bits per heavy atom. The zero-order valence-electron chi connectivity index (χ0n) is 24.9. The number of rotatable bonds is 3. The van der Waals surface area contributed by atoms with Crippen LogP contribution in [0.25, 0.3) is 64.1 Å². The lowest BCUT2D eigenvalue weighted by molar-refractivity contribution is -0.583. The molecule has 0 fully saturated rings. The fourth-order valence-electron chi connectivity index (χ4n) is 7.42. The maximum atomic E-state index is 4.98. The Morgan fingerprint density at radius 2 is 1.30 bits per heavy atom. The van der Waals surface area contributed by atoms with Crippen molar-refractivity contribution in [3.8, 4) is 5.69 Å². The Labute approximate surface area is 269 Å². The second-order valence-corrected chi connectivity index (χ2v) is 13.2. The molecule has 4 heterocycles. The summed E-state index contributed by atoms with van der Waals surface area (Å²) in [5.74, 6) is 0. The van der Waals surface area contributed by atoms with Crippen molar-refractivity contribution in [3.63, 3.8) is 0 Å². The van der Waals surface area contributed by atoms with Gasteiger partial charge in [-0.05, 0) is 65.4 Å². The van der Waals surface area contributed by atoms with Crippen LogP contribution in [-0.2, 0) is 0 Å². The van der Waals surface area contributed by atoms with Crippen LogP contribution in [0, 0.1) is 0 Å². The molecule has 2 N–H and O–H groups in total. The normalized spacial score (nSPS) is 16.3. The van der Waals surface area contributed by atoms with E-state index in [9.17, 15) is 0 Å². The molecule has 1 unspecified atom stereocenters. The van der Waals surface area contributed by atoms with Gasteiger partial charge in [0.05, 0.1) is 21.4 Å². The van der Waals surface area contributed by atoms with E-state index in [1.54, 1.807) is 0 Å². The summed E-state index contributed by atoms with van der Waals surface area (Å²) in [6, 6.07) is 46.3. The highest BCUT2D eigenvalue weighted by Gasteiger charge is 2.25. The summed E-state index contributed by atoms with van der Waals surface area (Å²) in [6.07, 6.45) is 8.80. The van der Waals surface area contributed by atoms with Crippen molar-refractivity contribution in [3.05, 3.63) is 169 Å². The molecule has 0 aliphatic carbocycles. The van der Waals surface area contributed by atoms with Crippen LogP contribution in [0.15, 0.2) is 162 Å². The molecule has 2 aromatic heterocycles. The highest BCUT2D eigenvalue weighted by atomic mass is 32.1. The van der Waals surface area contributed by atoms with Gasteiger partial charge in [-0.2, -0.15) is 0 Å². The number of hydrogen-bond acceptors (Lipinski definition) is 2. The van der Waals surface area contributed by atoms with E-state index < -0.39 is 0 Å². The van der Waals surface area contributed by atoms with Gasteiger partial charge >= 0.3 is 0 Å². The summed E-state index contributed by atoms with van der Waals surface area (Å²) >= 11 is 1.91. The van der Waals surface area contributed by atoms with Crippen molar-refractivity contribution in [1.82, 2.24) is 4.57 Å². The molecular formula is C42H28N3S+. The number of dihydropyridines is 1. The van der Waals surface area contributed by atoms with Crippen LogP contribution in [0.5, 0.6) is 0 Å². The zero-order chi connectivity index (χ0) is 30.2. The van der Waals surface area contributed by atoms with E-state index in [1.165, 1.54) is 69.7 Å². The van der Waals surface area contributed by atoms with E-state index in [0.29, 0.717) is 0 Å². The molecule has 6 aromatic carbocycles. The average Bonchev–Trinajstić information content (AvgIpc) is 3.69. The third-order valence-electron chi connectivity index (χ3n) is 9.52. The van der Waals surface area contributed by atoms with Gasteiger partial charge in [-0.15, -0.1) is 11.3 Å². The summed E-state index contributed by atoms with van der Waals surface area (Å²) in [6.45, 7) is 0. The topological polar surface area (TPSA) is 33.9 Å². The lowest BCUT2D eigenvalue weighted by atomic mass is 9.99. The summed E-state index contributed by atoms with van der Waals surface area (Å²) in [4.78, 5) is 4.98. The maximum absolute atomic E-state index is 4.98. The van der Waals surface area contributed by atoms with E-state index >= 15 is 0 Å². The lowest BCUT2D eigenvalue weighted by Crippen LogP contribution is -2.87. The quantitative estimate of drug-likeness (QED) is 0.208. The highest BCUT2D eigenvalue weighted by molar-refractivity contribution is 7.27. The first kappa shape index (κ1) is 25.7. The summed E-state index contributed by atoms with van der Waals surface area (Å²) in [5.41, 5.74) is 9.39. The molecule has 0 bridgehead atoms. The number of allylic oxidation sites excluding steroid dienone is 3. The number of aliphatic imine (C=N–C) groups is 1. The second-order valence-electron chi connectivity index (χ2n) is 12.1. The number of nitrogens with zero attached hydrogens (tertiary/aromatic N) is 2. The Kier molecular flexibility index (Phi) is 5.58. The van der Waals surface area contributed by atoms with Crippen LogP contribution in [0.1, 0.15) is 11.1 Å². The average molecular weight is 607 g/mol. The third kappa shape index (κ3) is 3.78. The molecule has 0 amide bonds. The predicted molar refractivity (Wildman–Crippen MR) is 195 cm³/mol. The summed E-state index contributed by atoms with van der Waals surface area (Å²) < 4.78 is 5.15. The zero-order valence-corrected chi connectivity index (χ0v) is 25.7. The van der Waals surface area contributed by atoms with Crippen molar-refractivity contribution < 1.29 is 5.32 Å². The van der Waals surface area contributed by atoms with Gasteiger partial charge in [-0.1, -0.05) is 91.0 Å². The Balaban J connectivity index is 1.13. The fraction of sp³-hybridized carbons (Fsp3) is 0.0238. The van der Waals surface area contributed by atoms with Crippen LogP contribution >= 0.6 is 11.3 Å². The van der Waals surface area contributed by atoms with Crippen LogP contribution in [0.3, 0.4) is 0 Å². The molecule has 8 aromatic rings. The van der Waals surface area contributed by atoms with Gasteiger partial charge in [0.1, 0.15) is 11.4 Å². The van der Waals surface area contributed by atoms with Crippen LogP contribution in [0.2, 0.25) is 0 Å². The number of fused-ring (bicyclic) bond motifs is 11. The van der Waals surface area contributed by atoms with E-state index in [4.69, 9.17) is 4.99 Å². The van der Waals surface area contributed by atoms with E-state index in [1.807, 2.05) is 17.4 Å². The molecule has 2 aliphatic rings. The Hall–Kier alpha value is -5.55. The van der Waals surface area contributed by atoms with Crippen molar-refractivity contribution in [2.45, 2.75) is 6.04 Å². The molecule has 0 saturated heterocycles. The van der Waals surface area contributed by atoms with Gasteiger partial charge in [0, 0.05) is 49.1 Å². The van der Waals surface area contributed by atoms with Crippen LogP contribution < -0.4 is 5.32 Å². The van der Waals surface area contributed by atoms with Crippen molar-refractivity contribution >= 4 is 75.5 Å². The molecular weight excluding hydrogens is 579 g/mol. The highest BCUT2D eigenvalue weighted by Crippen LogP contribution is 2.47. The smallest absolute Gasteiger partial charge is 0.152 e. The summed E-state index contributed by atoms with van der Waals surface area (Å²) in [7, 11) is 0. The first-order chi connectivity index (χ1) is 22.8. The molecule has 0 spiro atoms. The molecule has 4 heteroatoms. The van der Waals surface area contributed by atoms with Gasteiger partial charge in [0.15, 0.2) is 6.04 Å². The molecule has 0 radical (unpaired) electrons. The van der Waals surface area contributed by atoms with Gasteiger partial charge in [0.25, 0.3) is 0 Å². The van der Waals surface area contributed by atoms with Crippen molar-refractivity contribution in [1.29, 1.82) is 0 Å². The lowest BCUT2D eigenvalue weighted by Gasteiger charge is -2.22. The molecule has 10 rings (SSSR count). The minimum atomic E-state index is 0.180. The number of hydrogen-bond donors (Lipinski definition) is 1. The van der Waals surface area contributed by atoms with Crippen molar-refractivity contribution in [2.75, 3.05) is 0 Å². The number of quaternary nitrogens is 1. The first-order valence-corrected chi connectivity index (χ1v) is 16.6. The number of aromatic nitrogens is 1. The largest absolute Gasteiger partial charge is 0.308 e. The minimum Gasteiger partial charge on any atom is -0.308 e. The Morgan fingerprint density at radius 1 is 0.609 bits per heavy atom. The monoisotopic (exact) mass is 606 g/mol. The minimum absolute atomic E-state index is 0.180. The van der Waals surface area contributed by atoms with Gasteiger partial charge in [-0.25, -0.2) is 4.99 Å². The van der Waals surface area contributed by atoms with Gasteiger partial charge in [0.2, 0.25) is 0 Å².